The maximum Gasteiger partial charge on any atom is 0.251 e. The van der Waals surface area contributed by atoms with Crippen LogP contribution in [0.3, 0.4) is 0 Å². The zero-order valence-corrected chi connectivity index (χ0v) is 15.2. The number of hydrogen-bond acceptors (Lipinski definition) is 4. The van der Waals surface area contributed by atoms with E-state index in [-0.39, 0.29) is 12.5 Å². The number of aryl methyl sites for hydroxylation is 1. The van der Waals surface area contributed by atoms with Crippen LogP contribution >= 0.6 is 0 Å². The number of fused-ring (bicyclic) bond motifs is 1. The van der Waals surface area contributed by atoms with E-state index in [0.29, 0.717) is 36.7 Å². The van der Waals surface area contributed by atoms with Crippen LogP contribution in [0.5, 0.6) is 11.5 Å². The highest BCUT2D eigenvalue weighted by Gasteiger charge is 2.36. The molecule has 5 nitrogen and oxygen atoms in total. The summed E-state index contributed by atoms with van der Waals surface area (Å²) in [5.41, 5.74) is 1.51. The van der Waals surface area contributed by atoms with Crippen molar-refractivity contribution in [2.75, 3.05) is 19.8 Å². The maximum absolute atomic E-state index is 12.6. The zero-order valence-electron chi connectivity index (χ0n) is 15.2. The van der Waals surface area contributed by atoms with Crippen molar-refractivity contribution >= 4 is 5.91 Å². The normalized spacial score (nSPS) is 18.3. The van der Waals surface area contributed by atoms with E-state index < -0.39 is 5.60 Å². The van der Waals surface area contributed by atoms with E-state index in [1.807, 2.05) is 38.1 Å². The fraction of sp³-hybridized carbons (Fsp3) is 0.381. The number of rotatable bonds is 7. The van der Waals surface area contributed by atoms with Gasteiger partial charge in [0.25, 0.3) is 5.91 Å². The second-order valence-electron chi connectivity index (χ2n) is 6.40. The number of carbonyl (C=O) groups excluding carboxylic acids is 1. The molecular formula is C21H25NO4. The highest BCUT2D eigenvalue weighted by Crippen LogP contribution is 2.36. The van der Waals surface area contributed by atoms with E-state index in [9.17, 15) is 9.90 Å². The van der Waals surface area contributed by atoms with Crippen LogP contribution in [-0.2, 0) is 12.0 Å². The molecule has 0 saturated carbocycles. The van der Waals surface area contributed by atoms with Crippen LogP contribution in [0.2, 0.25) is 0 Å². The van der Waals surface area contributed by atoms with Gasteiger partial charge < -0.3 is 19.9 Å². The molecule has 1 unspecified atom stereocenters. The summed E-state index contributed by atoms with van der Waals surface area (Å²) in [6, 6.07) is 13.0. The van der Waals surface area contributed by atoms with Gasteiger partial charge in [-0.25, -0.2) is 0 Å². The van der Waals surface area contributed by atoms with Crippen LogP contribution in [0.15, 0.2) is 42.5 Å². The van der Waals surface area contributed by atoms with E-state index in [2.05, 4.69) is 5.32 Å². The summed E-state index contributed by atoms with van der Waals surface area (Å²) in [6.07, 6.45) is 1.43. The number of carbonyl (C=O) groups is 1. The minimum Gasteiger partial charge on any atom is -0.490 e. The second kappa shape index (κ2) is 7.79. The van der Waals surface area contributed by atoms with Crippen LogP contribution in [0.25, 0.3) is 0 Å². The Morgan fingerprint density at radius 1 is 1.12 bits per heavy atom. The van der Waals surface area contributed by atoms with Crippen LogP contribution in [0.1, 0.15) is 41.8 Å². The van der Waals surface area contributed by atoms with Crippen molar-refractivity contribution in [1.82, 2.24) is 5.32 Å². The van der Waals surface area contributed by atoms with Gasteiger partial charge in [0.1, 0.15) is 5.60 Å². The smallest absolute Gasteiger partial charge is 0.251 e. The topological polar surface area (TPSA) is 67.8 Å². The Morgan fingerprint density at radius 3 is 2.62 bits per heavy atom. The molecule has 2 aromatic rings. The average Bonchev–Trinajstić information content (AvgIpc) is 2.99. The minimum atomic E-state index is -1.01. The van der Waals surface area contributed by atoms with Gasteiger partial charge in [0, 0.05) is 5.56 Å². The summed E-state index contributed by atoms with van der Waals surface area (Å²) in [6.45, 7) is 4.98. The molecule has 0 heterocycles. The summed E-state index contributed by atoms with van der Waals surface area (Å²) in [5, 5.41) is 13.8. The molecule has 2 N–H and O–H groups in total. The number of nitrogens with one attached hydrogen (secondary N) is 1. The third-order valence-electron chi connectivity index (χ3n) is 4.67. The van der Waals surface area contributed by atoms with Crippen molar-refractivity contribution < 1.29 is 19.4 Å². The summed E-state index contributed by atoms with van der Waals surface area (Å²) < 4.78 is 11.1. The third-order valence-corrected chi connectivity index (χ3v) is 4.67. The molecule has 5 heteroatoms. The summed E-state index contributed by atoms with van der Waals surface area (Å²) in [7, 11) is 0. The van der Waals surface area contributed by atoms with Crippen LogP contribution in [0, 0.1) is 0 Å². The van der Waals surface area contributed by atoms with Gasteiger partial charge in [0.2, 0.25) is 0 Å². The number of benzene rings is 2. The van der Waals surface area contributed by atoms with Crippen LogP contribution < -0.4 is 14.8 Å². The first-order valence-corrected chi connectivity index (χ1v) is 9.06. The van der Waals surface area contributed by atoms with Gasteiger partial charge in [0.15, 0.2) is 11.5 Å². The molecule has 138 valence electrons. The first-order valence-electron chi connectivity index (χ1n) is 9.06. The Hall–Kier alpha value is -2.53. The number of amides is 1. The minimum absolute atomic E-state index is 0.181. The number of aliphatic hydroxyl groups is 1. The summed E-state index contributed by atoms with van der Waals surface area (Å²) in [5.74, 6) is 0.924. The molecule has 0 fully saturated rings. The van der Waals surface area contributed by atoms with Crippen LogP contribution in [-0.4, -0.2) is 30.8 Å². The van der Waals surface area contributed by atoms with E-state index in [1.54, 1.807) is 18.2 Å². The lowest BCUT2D eigenvalue weighted by molar-refractivity contribution is 0.0369. The van der Waals surface area contributed by atoms with E-state index in [0.717, 1.165) is 17.5 Å². The average molecular weight is 355 g/mol. The largest absolute Gasteiger partial charge is 0.490 e. The number of hydrogen-bond donors (Lipinski definition) is 2. The summed E-state index contributed by atoms with van der Waals surface area (Å²) >= 11 is 0. The lowest BCUT2D eigenvalue weighted by Gasteiger charge is -2.24. The predicted molar refractivity (Wildman–Crippen MR) is 99.8 cm³/mol. The molecule has 0 aromatic heterocycles. The highest BCUT2D eigenvalue weighted by molar-refractivity contribution is 5.95. The molecule has 1 aliphatic rings. The van der Waals surface area contributed by atoms with E-state index in [1.165, 1.54) is 0 Å². The molecule has 1 aliphatic carbocycles. The van der Waals surface area contributed by atoms with Gasteiger partial charge in [0.05, 0.1) is 19.8 Å². The number of ether oxygens (including phenoxy) is 2. The van der Waals surface area contributed by atoms with Crippen molar-refractivity contribution in [3.8, 4) is 11.5 Å². The van der Waals surface area contributed by atoms with Gasteiger partial charge >= 0.3 is 0 Å². The Kier molecular flexibility index (Phi) is 5.47. The SMILES string of the molecule is CCOc1ccc(C(=O)NCC2(O)CCc3ccccc32)cc1OCC. The standard InChI is InChI=1S/C21H25NO4/c1-3-25-18-10-9-16(13-19(18)26-4-2)20(23)22-14-21(24)12-11-15-7-5-6-8-17(15)21/h5-10,13,24H,3-4,11-12,14H2,1-2H3,(H,22,23). The fourth-order valence-electron chi connectivity index (χ4n) is 3.37. The quantitative estimate of drug-likeness (QED) is 0.801. The molecule has 0 spiro atoms. The summed E-state index contributed by atoms with van der Waals surface area (Å²) in [4.78, 5) is 12.6. The van der Waals surface area contributed by atoms with Gasteiger partial charge in [-0.2, -0.15) is 0 Å². The first-order chi connectivity index (χ1) is 12.6. The second-order valence-corrected chi connectivity index (χ2v) is 6.40. The molecular weight excluding hydrogens is 330 g/mol. The third kappa shape index (κ3) is 3.68. The molecule has 0 radical (unpaired) electrons. The molecule has 0 aliphatic heterocycles. The van der Waals surface area contributed by atoms with Crippen molar-refractivity contribution in [2.24, 2.45) is 0 Å². The molecule has 2 aromatic carbocycles. The van der Waals surface area contributed by atoms with Crippen molar-refractivity contribution in [3.63, 3.8) is 0 Å². The van der Waals surface area contributed by atoms with E-state index >= 15 is 0 Å². The Balaban J connectivity index is 1.72. The molecule has 3 rings (SSSR count). The lowest BCUT2D eigenvalue weighted by Crippen LogP contribution is -2.39. The zero-order chi connectivity index (χ0) is 18.6. The molecule has 1 atom stereocenters. The molecule has 0 saturated heterocycles. The fourth-order valence-corrected chi connectivity index (χ4v) is 3.37. The predicted octanol–water partition coefficient (Wildman–Crippen LogP) is 3.05. The van der Waals surface area contributed by atoms with Crippen LogP contribution in [0.4, 0.5) is 0 Å². The van der Waals surface area contributed by atoms with Crippen molar-refractivity contribution in [3.05, 3.63) is 59.2 Å². The van der Waals surface area contributed by atoms with Gasteiger partial charge in [-0.15, -0.1) is 0 Å². The Bertz CT molecular complexity index is 789. The van der Waals surface area contributed by atoms with Gasteiger partial charge in [-0.05, 0) is 56.0 Å². The maximum atomic E-state index is 12.6. The van der Waals surface area contributed by atoms with E-state index in [4.69, 9.17) is 9.47 Å². The lowest BCUT2D eigenvalue weighted by atomic mass is 9.96. The van der Waals surface area contributed by atoms with Crippen molar-refractivity contribution in [1.29, 1.82) is 0 Å². The Labute approximate surface area is 153 Å². The first kappa shape index (κ1) is 18.3. The Morgan fingerprint density at radius 2 is 1.85 bits per heavy atom. The van der Waals surface area contributed by atoms with Crippen molar-refractivity contribution in [2.45, 2.75) is 32.3 Å². The highest BCUT2D eigenvalue weighted by atomic mass is 16.5. The molecule has 26 heavy (non-hydrogen) atoms. The van der Waals surface area contributed by atoms with Gasteiger partial charge in [-0.1, -0.05) is 24.3 Å². The van der Waals surface area contributed by atoms with Gasteiger partial charge in [-0.3, -0.25) is 4.79 Å². The molecule has 0 bridgehead atoms. The monoisotopic (exact) mass is 355 g/mol. The molecule has 1 amide bonds.